The average molecular weight is 644 g/mol. The van der Waals surface area contributed by atoms with Crippen LogP contribution in [0.15, 0.2) is 36.4 Å². The fourth-order valence-corrected chi connectivity index (χ4v) is 7.28. The maximum atomic E-state index is 12.0. The third-order valence-corrected chi connectivity index (χ3v) is 18.6. The van der Waals surface area contributed by atoms with Crippen LogP contribution >= 0.6 is 0 Å². The number of methoxy groups -OCH3 is 1. The van der Waals surface area contributed by atoms with E-state index in [4.69, 9.17) is 18.6 Å². The largest absolute Gasteiger partial charge is 0.469 e. The summed E-state index contributed by atoms with van der Waals surface area (Å²) in [4.78, 5) is 17.0. The molecule has 1 N–H and O–H groups in total. The van der Waals surface area contributed by atoms with E-state index >= 15 is 0 Å². The molecule has 0 saturated carbocycles. The number of aliphatic hydroxyl groups excluding tert-OH is 1. The van der Waals surface area contributed by atoms with Crippen LogP contribution in [0.3, 0.4) is 0 Å². The van der Waals surface area contributed by atoms with Crippen molar-refractivity contribution >= 4 is 39.5 Å². The van der Waals surface area contributed by atoms with Crippen LogP contribution in [0.4, 0.5) is 0 Å². The second-order valence-corrected chi connectivity index (χ2v) is 24.8. The maximum Gasteiger partial charge on any atom is 0.305 e. The number of carbonyl (C=O) groups excluding carboxylic acids is 1. The highest BCUT2D eigenvalue weighted by Crippen LogP contribution is 2.41. The Morgan fingerprint density at radius 3 is 2.14 bits per heavy atom. The minimum Gasteiger partial charge on any atom is -0.469 e. The Kier molecular flexibility index (Phi) is 14.0. The van der Waals surface area contributed by atoms with Crippen molar-refractivity contribution in [1.82, 2.24) is 4.98 Å². The second kappa shape index (κ2) is 16.1. The standard InChI is InChI=1S/C36H61NO5Si2/c1-13-14-15-21-30(38)34-29-20-17-16-19-27(29)26-28(37-34)24-25-32(42-44(11,12)36(5,6)7)31(22-18-23-33(39)40-8)41-43(9,10)35(2,3)4/h16-17,19-20,24-26,30-32,38H,13-15,18,21-23H2,1-12H3/b25-24+/t30-,31?,32?/m1/s1. The summed E-state index contributed by atoms with van der Waals surface area (Å²) in [5, 5.41) is 13.3. The SMILES string of the molecule is CCCCC[C@@H](O)c1nc(/C=C/C(O[Si](C)(C)C(C)(C)C)C(CCCC(=O)OC)O[Si](C)(C)C(C)(C)C)cc2ccccc12. The van der Waals surface area contributed by atoms with E-state index in [-0.39, 0.29) is 28.3 Å². The van der Waals surface area contributed by atoms with E-state index < -0.39 is 22.7 Å². The molecule has 1 heterocycles. The molecular formula is C36H61NO5Si2. The summed E-state index contributed by atoms with van der Waals surface area (Å²) in [5.74, 6) is -0.209. The Balaban J connectivity index is 2.60. The number of carbonyl (C=O) groups is 1. The number of ether oxygens (including phenoxy) is 1. The first kappa shape index (κ1) is 38.3. The van der Waals surface area contributed by atoms with E-state index in [1.165, 1.54) is 7.11 Å². The van der Waals surface area contributed by atoms with Gasteiger partial charge in [-0.25, -0.2) is 0 Å². The van der Waals surface area contributed by atoms with Crippen LogP contribution in [0.2, 0.25) is 36.3 Å². The predicted molar refractivity (Wildman–Crippen MR) is 190 cm³/mol. The molecule has 0 radical (unpaired) electrons. The number of esters is 1. The Hall–Kier alpha value is -1.85. The van der Waals surface area contributed by atoms with Crippen molar-refractivity contribution in [2.75, 3.05) is 7.11 Å². The minimum atomic E-state index is -2.22. The van der Waals surface area contributed by atoms with Gasteiger partial charge in [0.05, 0.1) is 36.8 Å². The number of fused-ring (bicyclic) bond motifs is 1. The van der Waals surface area contributed by atoms with E-state index in [0.717, 1.165) is 41.4 Å². The molecule has 8 heteroatoms. The summed E-state index contributed by atoms with van der Waals surface area (Å²) < 4.78 is 19.1. The fraction of sp³-hybridized carbons (Fsp3) is 0.667. The molecule has 0 aliphatic carbocycles. The summed E-state index contributed by atoms with van der Waals surface area (Å²) in [6.45, 7) is 24.7. The molecule has 0 saturated heterocycles. The van der Waals surface area contributed by atoms with Gasteiger partial charge in [-0.2, -0.15) is 0 Å². The topological polar surface area (TPSA) is 77.9 Å². The van der Waals surface area contributed by atoms with E-state index in [1.807, 2.05) is 24.3 Å². The first-order chi connectivity index (χ1) is 20.3. The van der Waals surface area contributed by atoms with Crippen molar-refractivity contribution in [2.24, 2.45) is 0 Å². The molecule has 1 aromatic heterocycles. The number of unbranched alkanes of at least 4 members (excludes halogenated alkanes) is 2. The van der Waals surface area contributed by atoms with Crippen LogP contribution in [-0.2, 0) is 18.4 Å². The molecule has 0 bridgehead atoms. The molecule has 2 rings (SSSR count). The molecule has 0 aliphatic heterocycles. The molecule has 2 unspecified atom stereocenters. The molecule has 0 amide bonds. The Morgan fingerprint density at radius 1 is 0.932 bits per heavy atom. The molecule has 6 nitrogen and oxygen atoms in total. The highest BCUT2D eigenvalue weighted by Gasteiger charge is 2.44. The number of aromatic nitrogens is 1. The highest BCUT2D eigenvalue weighted by atomic mass is 28.4. The number of aliphatic hydroxyl groups is 1. The van der Waals surface area contributed by atoms with Crippen LogP contribution in [0.25, 0.3) is 16.8 Å². The van der Waals surface area contributed by atoms with Gasteiger partial charge in [0.15, 0.2) is 16.6 Å². The summed E-state index contributed by atoms with van der Waals surface area (Å²) in [5.41, 5.74) is 1.52. The molecule has 1 aromatic carbocycles. The van der Waals surface area contributed by atoms with Gasteiger partial charge in [0.25, 0.3) is 0 Å². The van der Waals surface area contributed by atoms with Crippen molar-refractivity contribution < 1.29 is 23.5 Å². The third-order valence-electron chi connectivity index (χ3n) is 9.60. The van der Waals surface area contributed by atoms with Crippen molar-refractivity contribution in [1.29, 1.82) is 0 Å². The summed E-state index contributed by atoms with van der Waals surface area (Å²) in [7, 11) is -2.97. The number of hydrogen-bond donors (Lipinski definition) is 1. The lowest BCUT2D eigenvalue weighted by Crippen LogP contribution is -2.51. The Labute approximate surface area is 270 Å². The molecule has 0 aliphatic rings. The third kappa shape index (κ3) is 10.9. The van der Waals surface area contributed by atoms with E-state index in [9.17, 15) is 9.90 Å². The van der Waals surface area contributed by atoms with Gasteiger partial charge < -0.3 is 18.7 Å². The molecule has 0 fully saturated rings. The van der Waals surface area contributed by atoms with Crippen molar-refractivity contribution in [3.05, 3.63) is 47.8 Å². The molecule has 2 aromatic rings. The van der Waals surface area contributed by atoms with Crippen molar-refractivity contribution in [3.8, 4) is 0 Å². The number of nitrogens with zero attached hydrogens (tertiary/aromatic N) is 1. The number of hydrogen-bond acceptors (Lipinski definition) is 6. The van der Waals surface area contributed by atoms with Gasteiger partial charge in [0, 0.05) is 11.8 Å². The Morgan fingerprint density at radius 2 is 1.55 bits per heavy atom. The zero-order chi connectivity index (χ0) is 33.3. The first-order valence-corrected chi connectivity index (χ1v) is 22.3. The second-order valence-electron chi connectivity index (χ2n) is 15.3. The molecule has 3 atom stereocenters. The van der Waals surface area contributed by atoms with E-state index in [2.05, 4.69) is 92.9 Å². The lowest BCUT2D eigenvalue weighted by atomic mass is 10.0. The van der Waals surface area contributed by atoms with E-state index in [1.54, 1.807) is 0 Å². The molecule has 44 heavy (non-hydrogen) atoms. The van der Waals surface area contributed by atoms with Gasteiger partial charge in [-0.05, 0) is 73.1 Å². The van der Waals surface area contributed by atoms with Crippen LogP contribution in [0.1, 0.15) is 111 Å². The maximum absolute atomic E-state index is 12.0. The van der Waals surface area contributed by atoms with Crippen molar-refractivity contribution in [3.63, 3.8) is 0 Å². The Bertz CT molecular complexity index is 1230. The minimum absolute atomic E-state index is 0.00357. The van der Waals surface area contributed by atoms with Gasteiger partial charge in [0.2, 0.25) is 0 Å². The zero-order valence-electron chi connectivity index (χ0n) is 29.8. The molecule has 248 valence electrons. The zero-order valence-corrected chi connectivity index (χ0v) is 31.8. The van der Waals surface area contributed by atoms with Crippen LogP contribution in [0.5, 0.6) is 0 Å². The van der Waals surface area contributed by atoms with E-state index in [0.29, 0.717) is 25.7 Å². The predicted octanol–water partition coefficient (Wildman–Crippen LogP) is 9.99. The average Bonchev–Trinajstić information content (AvgIpc) is 2.92. The van der Waals surface area contributed by atoms with Gasteiger partial charge >= 0.3 is 5.97 Å². The van der Waals surface area contributed by atoms with Crippen LogP contribution < -0.4 is 0 Å². The number of pyridine rings is 1. The van der Waals surface area contributed by atoms with Gasteiger partial charge in [0.1, 0.15) is 0 Å². The summed E-state index contributed by atoms with van der Waals surface area (Å²) in [6.07, 6.45) is 8.50. The number of benzene rings is 1. The number of rotatable bonds is 16. The van der Waals surface area contributed by atoms with Gasteiger partial charge in [-0.1, -0.05) is 98.1 Å². The summed E-state index contributed by atoms with van der Waals surface area (Å²) >= 11 is 0. The lowest BCUT2D eigenvalue weighted by Gasteiger charge is -2.44. The fourth-order valence-electron chi connectivity index (χ4n) is 4.66. The first-order valence-electron chi connectivity index (χ1n) is 16.5. The van der Waals surface area contributed by atoms with Gasteiger partial charge in [-0.3, -0.25) is 9.78 Å². The van der Waals surface area contributed by atoms with Crippen LogP contribution in [0, 0.1) is 0 Å². The van der Waals surface area contributed by atoms with Gasteiger partial charge in [-0.15, -0.1) is 0 Å². The smallest absolute Gasteiger partial charge is 0.305 e. The van der Waals surface area contributed by atoms with Crippen molar-refractivity contribution in [2.45, 2.75) is 148 Å². The highest BCUT2D eigenvalue weighted by molar-refractivity contribution is 6.74. The summed E-state index contributed by atoms with van der Waals surface area (Å²) in [6, 6.07) is 10.2. The normalized spacial score (nSPS) is 15.5. The van der Waals surface area contributed by atoms with Crippen LogP contribution in [-0.4, -0.2) is 52.0 Å². The lowest BCUT2D eigenvalue weighted by molar-refractivity contribution is -0.140. The monoisotopic (exact) mass is 643 g/mol. The quantitative estimate of drug-likeness (QED) is 0.111. The molecule has 0 spiro atoms. The molecular weight excluding hydrogens is 583 g/mol.